The Morgan fingerprint density at radius 3 is 2.41 bits per heavy atom. The van der Waals surface area contributed by atoms with Crippen molar-refractivity contribution in [2.75, 3.05) is 54.5 Å². The summed E-state index contributed by atoms with van der Waals surface area (Å²) in [6, 6.07) is 9.68. The highest BCUT2D eigenvalue weighted by Gasteiger charge is 2.16. The lowest BCUT2D eigenvalue weighted by molar-refractivity contribution is 0.102. The van der Waals surface area contributed by atoms with Gasteiger partial charge in [-0.3, -0.25) is 4.79 Å². The molecule has 0 bridgehead atoms. The van der Waals surface area contributed by atoms with Crippen molar-refractivity contribution in [1.29, 1.82) is 0 Å². The van der Waals surface area contributed by atoms with E-state index < -0.39 is 0 Å². The number of anilines is 3. The average Bonchev–Trinajstić information content (AvgIpc) is 2.75. The molecular weight excluding hydrogens is 342 g/mol. The molecular formula is C20H25N5O2. The van der Waals surface area contributed by atoms with Crippen molar-refractivity contribution >= 4 is 23.2 Å². The summed E-state index contributed by atoms with van der Waals surface area (Å²) in [4.78, 5) is 25.7. The summed E-state index contributed by atoms with van der Waals surface area (Å²) in [6.07, 6.45) is 5.44. The molecule has 0 aliphatic carbocycles. The average molecular weight is 367 g/mol. The minimum Gasteiger partial charge on any atom is -0.378 e. The maximum absolute atomic E-state index is 12.6. The lowest BCUT2D eigenvalue weighted by atomic mass is 10.1. The van der Waals surface area contributed by atoms with Gasteiger partial charge in [-0.15, -0.1) is 0 Å². The van der Waals surface area contributed by atoms with E-state index in [2.05, 4.69) is 32.3 Å². The van der Waals surface area contributed by atoms with Crippen LogP contribution in [0.3, 0.4) is 0 Å². The van der Waals surface area contributed by atoms with Crippen LogP contribution in [0.5, 0.6) is 0 Å². The summed E-state index contributed by atoms with van der Waals surface area (Å²) < 4.78 is 5.35. The minimum absolute atomic E-state index is 0.224. The molecule has 3 heterocycles. The zero-order valence-electron chi connectivity index (χ0n) is 15.4. The van der Waals surface area contributed by atoms with Crippen LogP contribution in [-0.4, -0.2) is 55.3 Å². The van der Waals surface area contributed by atoms with E-state index in [1.807, 2.05) is 17.0 Å². The maximum Gasteiger partial charge on any atom is 0.274 e. The number of carbonyl (C=O) groups excluding carboxylic acids is 1. The van der Waals surface area contributed by atoms with Crippen molar-refractivity contribution in [3.8, 4) is 0 Å². The second-order valence-electron chi connectivity index (χ2n) is 6.89. The monoisotopic (exact) mass is 367 g/mol. The lowest BCUT2D eigenvalue weighted by Crippen LogP contribution is -2.37. The Morgan fingerprint density at radius 2 is 1.67 bits per heavy atom. The van der Waals surface area contributed by atoms with E-state index >= 15 is 0 Å². The van der Waals surface area contributed by atoms with Crippen LogP contribution in [0.25, 0.3) is 0 Å². The van der Waals surface area contributed by atoms with Crippen molar-refractivity contribution < 1.29 is 9.53 Å². The van der Waals surface area contributed by atoms with Crippen molar-refractivity contribution in [2.24, 2.45) is 0 Å². The predicted octanol–water partition coefficient (Wildman–Crippen LogP) is 2.56. The second kappa shape index (κ2) is 8.35. The highest BCUT2D eigenvalue weighted by molar-refractivity contribution is 6.03. The number of benzene rings is 1. The zero-order chi connectivity index (χ0) is 18.5. The number of aromatic nitrogens is 2. The number of ether oxygens (including phenoxy) is 1. The predicted molar refractivity (Wildman–Crippen MR) is 106 cm³/mol. The van der Waals surface area contributed by atoms with Gasteiger partial charge in [0.25, 0.3) is 5.91 Å². The number of morpholine rings is 1. The minimum atomic E-state index is -0.224. The molecule has 0 unspecified atom stereocenters. The van der Waals surface area contributed by atoms with E-state index in [4.69, 9.17) is 4.74 Å². The molecule has 7 nitrogen and oxygen atoms in total. The quantitative estimate of drug-likeness (QED) is 0.896. The zero-order valence-corrected chi connectivity index (χ0v) is 15.4. The summed E-state index contributed by atoms with van der Waals surface area (Å²) in [5.74, 6) is 0.351. The molecule has 2 aliphatic heterocycles. The standard InChI is InChI=1S/C20H25N5O2/c26-19(18-8-9-21-20(23-18)25-12-14-27-15-13-25)22-16-4-6-17(7-5-16)24-10-2-1-3-11-24/h4-9H,1-3,10-15H2,(H,22,26). The molecule has 1 aromatic heterocycles. The van der Waals surface area contributed by atoms with Gasteiger partial charge in [-0.1, -0.05) is 0 Å². The van der Waals surface area contributed by atoms with Gasteiger partial charge in [0.15, 0.2) is 0 Å². The molecule has 7 heteroatoms. The van der Waals surface area contributed by atoms with Crippen LogP contribution in [0.1, 0.15) is 29.8 Å². The highest BCUT2D eigenvalue weighted by atomic mass is 16.5. The third-order valence-corrected chi connectivity index (χ3v) is 5.02. The molecule has 0 spiro atoms. The third-order valence-electron chi connectivity index (χ3n) is 5.02. The molecule has 142 valence electrons. The molecule has 1 amide bonds. The van der Waals surface area contributed by atoms with Crippen LogP contribution in [0.4, 0.5) is 17.3 Å². The summed E-state index contributed by atoms with van der Waals surface area (Å²) >= 11 is 0. The van der Waals surface area contributed by atoms with Gasteiger partial charge in [-0.2, -0.15) is 0 Å². The van der Waals surface area contributed by atoms with Crippen LogP contribution in [0.2, 0.25) is 0 Å². The Kier molecular flexibility index (Phi) is 5.48. The Labute approximate surface area is 159 Å². The SMILES string of the molecule is O=C(Nc1ccc(N2CCCCC2)cc1)c1ccnc(N2CCOCC2)n1. The molecule has 2 saturated heterocycles. The molecule has 4 rings (SSSR count). The van der Waals surface area contributed by atoms with Crippen molar-refractivity contribution in [3.05, 3.63) is 42.2 Å². The van der Waals surface area contributed by atoms with E-state index in [-0.39, 0.29) is 5.91 Å². The molecule has 27 heavy (non-hydrogen) atoms. The summed E-state index contributed by atoms with van der Waals surface area (Å²) in [5, 5.41) is 2.93. The van der Waals surface area contributed by atoms with Crippen molar-refractivity contribution in [3.63, 3.8) is 0 Å². The van der Waals surface area contributed by atoms with E-state index in [0.29, 0.717) is 24.9 Å². The molecule has 0 radical (unpaired) electrons. The second-order valence-corrected chi connectivity index (χ2v) is 6.89. The highest BCUT2D eigenvalue weighted by Crippen LogP contribution is 2.22. The van der Waals surface area contributed by atoms with Gasteiger partial charge in [-0.25, -0.2) is 9.97 Å². The number of hydrogen-bond acceptors (Lipinski definition) is 6. The van der Waals surface area contributed by atoms with Gasteiger partial charge in [0.1, 0.15) is 5.69 Å². The van der Waals surface area contributed by atoms with Crippen LogP contribution in [0, 0.1) is 0 Å². The Balaban J connectivity index is 1.41. The van der Waals surface area contributed by atoms with E-state index in [0.717, 1.165) is 31.9 Å². The van der Waals surface area contributed by atoms with Crippen LogP contribution in [0.15, 0.2) is 36.5 Å². The smallest absolute Gasteiger partial charge is 0.274 e. The first-order valence-electron chi connectivity index (χ1n) is 9.62. The number of hydrogen-bond donors (Lipinski definition) is 1. The molecule has 2 aromatic rings. The van der Waals surface area contributed by atoms with Gasteiger partial charge < -0.3 is 19.9 Å². The Morgan fingerprint density at radius 1 is 0.926 bits per heavy atom. The molecule has 0 atom stereocenters. The molecule has 1 aromatic carbocycles. The number of nitrogens with one attached hydrogen (secondary N) is 1. The van der Waals surface area contributed by atoms with Gasteiger partial charge >= 0.3 is 0 Å². The van der Waals surface area contributed by atoms with Crippen LogP contribution in [-0.2, 0) is 4.74 Å². The van der Waals surface area contributed by atoms with Crippen LogP contribution < -0.4 is 15.1 Å². The fourth-order valence-electron chi connectivity index (χ4n) is 3.49. The molecule has 2 aliphatic rings. The first-order valence-corrected chi connectivity index (χ1v) is 9.62. The molecule has 1 N–H and O–H groups in total. The number of piperidine rings is 1. The van der Waals surface area contributed by atoms with Gasteiger partial charge in [0.05, 0.1) is 13.2 Å². The van der Waals surface area contributed by atoms with Gasteiger partial charge in [0, 0.05) is 43.8 Å². The third kappa shape index (κ3) is 4.36. The largest absolute Gasteiger partial charge is 0.378 e. The number of nitrogens with zero attached hydrogens (tertiary/aromatic N) is 4. The normalized spacial score (nSPS) is 17.6. The van der Waals surface area contributed by atoms with Gasteiger partial charge in [-0.05, 0) is 49.6 Å². The van der Waals surface area contributed by atoms with E-state index in [1.165, 1.54) is 24.9 Å². The van der Waals surface area contributed by atoms with Crippen LogP contribution >= 0.6 is 0 Å². The van der Waals surface area contributed by atoms with E-state index in [9.17, 15) is 4.79 Å². The lowest BCUT2D eigenvalue weighted by Gasteiger charge is -2.28. The van der Waals surface area contributed by atoms with Gasteiger partial charge in [0.2, 0.25) is 5.95 Å². The summed E-state index contributed by atoms with van der Waals surface area (Å²) in [6.45, 7) is 5.01. The topological polar surface area (TPSA) is 70.6 Å². The van der Waals surface area contributed by atoms with E-state index in [1.54, 1.807) is 12.3 Å². The number of amides is 1. The Hall–Kier alpha value is -2.67. The number of carbonyl (C=O) groups is 1. The maximum atomic E-state index is 12.6. The summed E-state index contributed by atoms with van der Waals surface area (Å²) in [5.41, 5.74) is 2.35. The Bertz CT molecular complexity index is 768. The number of rotatable bonds is 4. The molecule has 2 fully saturated rings. The molecule has 0 saturated carbocycles. The first-order chi connectivity index (χ1) is 13.3. The first kappa shape index (κ1) is 17.7. The van der Waals surface area contributed by atoms with Crippen molar-refractivity contribution in [2.45, 2.75) is 19.3 Å². The fraction of sp³-hybridized carbons (Fsp3) is 0.450. The fourth-order valence-corrected chi connectivity index (χ4v) is 3.49. The van der Waals surface area contributed by atoms with Crippen molar-refractivity contribution in [1.82, 2.24) is 9.97 Å². The summed E-state index contributed by atoms with van der Waals surface area (Å²) in [7, 11) is 0.